The van der Waals surface area contributed by atoms with Crippen molar-refractivity contribution in [2.75, 3.05) is 32.8 Å². The van der Waals surface area contributed by atoms with Crippen molar-refractivity contribution in [2.24, 2.45) is 0 Å². The highest BCUT2D eigenvalue weighted by molar-refractivity contribution is 5.85. The molecule has 1 aliphatic heterocycles. The number of rotatable bonds is 3. The first kappa shape index (κ1) is 14.5. The van der Waals surface area contributed by atoms with Crippen LogP contribution in [0.25, 0.3) is 0 Å². The van der Waals surface area contributed by atoms with Crippen LogP contribution in [0.3, 0.4) is 0 Å². The fourth-order valence-corrected chi connectivity index (χ4v) is 2.36. The lowest BCUT2D eigenvalue weighted by atomic mass is 10.00. The van der Waals surface area contributed by atoms with E-state index in [0.717, 1.165) is 26.2 Å². The average Bonchev–Trinajstić information content (AvgIpc) is 2.34. The number of hydrogen-bond donors (Lipinski definition) is 2. The van der Waals surface area contributed by atoms with Gasteiger partial charge in [0.1, 0.15) is 0 Å². The van der Waals surface area contributed by atoms with E-state index in [2.05, 4.69) is 29.3 Å². The summed E-state index contributed by atoms with van der Waals surface area (Å²) < 4.78 is 0. The third-order valence-electron chi connectivity index (χ3n) is 3.31. The van der Waals surface area contributed by atoms with Crippen LogP contribution in [0.15, 0.2) is 24.3 Å². The van der Waals surface area contributed by atoms with Crippen molar-refractivity contribution >= 4 is 12.4 Å². The maximum Gasteiger partial charge on any atom is 0.0628 e. The van der Waals surface area contributed by atoms with E-state index in [-0.39, 0.29) is 25.1 Å². The molecule has 1 saturated heterocycles. The number of benzene rings is 1. The fourth-order valence-electron chi connectivity index (χ4n) is 2.36. The van der Waals surface area contributed by atoms with Gasteiger partial charge < -0.3 is 10.4 Å². The fraction of sp³-hybridized carbons (Fsp3) is 0.538. The molecule has 0 amide bonds. The molecule has 1 atom stereocenters. The van der Waals surface area contributed by atoms with Crippen LogP contribution in [0.2, 0.25) is 0 Å². The summed E-state index contributed by atoms with van der Waals surface area (Å²) in [6, 6.07) is 8.49. The normalized spacial score (nSPS) is 18.5. The highest BCUT2D eigenvalue weighted by Gasteiger charge is 2.22. The average molecular weight is 257 g/mol. The van der Waals surface area contributed by atoms with Gasteiger partial charge in [0.2, 0.25) is 0 Å². The van der Waals surface area contributed by atoms with Crippen molar-refractivity contribution in [3.05, 3.63) is 35.4 Å². The number of aliphatic hydroxyl groups excluding tert-OH is 1. The van der Waals surface area contributed by atoms with Gasteiger partial charge in [-0.3, -0.25) is 4.90 Å². The molecule has 4 heteroatoms. The molecule has 0 spiro atoms. The number of hydrogen-bond acceptors (Lipinski definition) is 3. The van der Waals surface area contributed by atoms with E-state index in [1.54, 1.807) is 0 Å². The molecule has 0 radical (unpaired) electrons. The lowest BCUT2D eigenvalue weighted by molar-refractivity contribution is 0.110. The summed E-state index contributed by atoms with van der Waals surface area (Å²) in [5.41, 5.74) is 2.52. The van der Waals surface area contributed by atoms with Crippen LogP contribution in [0.1, 0.15) is 17.2 Å². The Hall–Kier alpha value is -0.610. The van der Waals surface area contributed by atoms with Crippen molar-refractivity contribution in [3.63, 3.8) is 0 Å². The highest BCUT2D eigenvalue weighted by Crippen LogP contribution is 2.23. The van der Waals surface area contributed by atoms with Gasteiger partial charge in [0, 0.05) is 26.2 Å². The van der Waals surface area contributed by atoms with Gasteiger partial charge in [-0.05, 0) is 18.1 Å². The zero-order chi connectivity index (χ0) is 11.4. The number of aryl methyl sites for hydroxylation is 1. The molecule has 1 aliphatic rings. The van der Waals surface area contributed by atoms with E-state index >= 15 is 0 Å². The van der Waals surface area contributed by atoms with Crippen molar-refractivity contribution < 1.29 is 5.11 Å². The second-order valence-corrected chi connectivity index (χ2v) is 4.34. The van der Waals surface area contributed by atoms with Crippen LogP contribution in [0.4, 0.5) is 0 Å². The lowest BCUT2D eigenvalue weighted by Gasteiger charge is -2.34. The standard InChI is InChI=1S/C13H20N2O.ClH/c1-11-4-2-3-5-12(11)13(10-16)15-8-6-14-7-9-15;/h2-5,13-14,16H,6-10H2,1H3;1H/t13-;/m0./s1. The Kier molecular flexibility index (Phi) is 5.92. The third-order valence-corrected chi connectivity index (χ3v) is 3.31. The molecule has 0 saturated carbocycles. The van der Waals surface area contributed by atoms with E-state index in [9.17, 15) is 5.11 Å². The first-order valence-corrected chi connectivity index (χ1v) is 5.94. The minimum Gasteiger partial charge on any atom is -0.394 e. The molecular formula is C13H21ClN2O. The van der Waals surface area contributed by atoms with Crippen molar-refractivity contribution in [1.29, 1.82) is 0 Å². The summed E-state index contributed by atoms with van der Waals surface area (Å²) in [6.07, 6.45) is 0. The molecule has 96 valence electrons. The Morgan fingerprint density at radius 3 is 2.53 bits per heavy atom. The molecular weight excluding hydrogens is 236 g/mol. The van der Waals surface area contributed by atoms with Crippen LogP contribution in [0, 0.1) is 6.92 Å². The summed E-state index contributed by atoms with van der Waals surface area (Å²) in [5, 5.41) is 12.9. The van der Waals surface area contributed by atoms with Gasteiger partial charge >= 0.3 is 0 Å². The summed E-state index contributed by atoms with van der Waals surface area (Å²) in [7, 11) is 0. The molecule has 2 rings (SSSR count). The predicted octanol–water partition coefficient (Wildman–Crippen LogP) is 1.36. The number of piperazine rings is 1. The van der Waals surface area contributed by atoms with Gasteiger partial charge in [-0.2, -0.15) is 0 Å². The van der Waals surface area contributed by atoms with Crippen LogP contribution >= 0.6 is 12.4 Å². The van der Waals surface area contributed by atoms with Gasteiger partial charge in [-0.1, -0.05) is 24.3 Å². The molecule has 1 aromatic carbocycles. The summed E-state index contributed by atoms with van der Waals surface area (Å²) in [5.74, 6) is 0. The van der Waals surface area contributed by atoms with E-state index in [1.807, 2.05) is 12.1 Å². The van der Waals surface area contributed by atoms with E-state index < -0.39 is 0 Å². The van der Waals surface area contributed by atoms with Crippen LogP contribution in [-0.2, 0) is 0 Å². The Balaban J connectivity index is 0.00000144. The molecule has 0 unspecified atom stereocenters. The number of nitrogens with zero attached hydrogens (tertiary/aromatic N) is 1. The minimum atomic E-state index is 0. The molecule has 1 heterocycles. The number of halogens is 1. The zero-order valence-corrected chi connectivity index (χ0v) is 11.0. The molecule has 2 N–H and O–H groups in total. The molecule has 0 aromatic heterocycles. The zero-order valence-electron chi connectivity index (χ0n) is 10.2. The largest absolute Gasteiger partial charge is 0.394 e. The highest BCUT2D eigenvalue weighted by atomic mass is 35.5. The first-order valence-electron chi connectivity index (χ1n) is 5.94. The number of nitrogens with one attached hydrogen (secondary N) is 1. The Bertz CT molecular complexity index is 340. The molecule has 17 heavy (non-hydrogen) atoms. The second kappa shape index (κ2) is 6.97. The smallest absolute Gasteiger partial charge is 0.0628 e. The monoisotopic (exact) mass is 256 g/mol. The minimum absolute atomic E-state index is 0. The van der Waals surface area contributed by atoms with Gasteiger partial charge in [0.15, 0.2) is 0 Å². The van der Waals surface area contributed by atoms with Crippen molar-refractivity contribution in [1.82, 2.24) is 10.2 Å². The quantitative estimate of drug-likeness (QED) is 0.857. The van der Waals surface area contributed by atoms with Gasteiger partial charge in [-0.15, -0.1) is 12.4 Å². The predicted molar refractivity (Wildman–Crippen MR) is 72.7 cm³/mol. The van der Waals surface area contributed by atoms with E-state index in [4.69, 9.17) is 0 Å². The van der Waals surface area contributed by atoms with Crippen molar-refractivity contribution in [2.45, 2.75) is 13.0 Å². The summed E-state index contributed by atoms with van der Waals surface area (Å²) in [6.45, 7) is 6.37. The third kappa shape index (κ3) is 3.42. The van der Waals surface area contributed by atoms with Crippen molar-refractivity contribution in [3.8, 4) is 0 Å². The molecule has 0 bridgehead atoms. The summed E-state index contributed by atoms with van der Waals surface area (Å²) >= 11 is 0. The lowest BCUT2D eigenvalue weighted by Crippen LogP contribution is -2.46. The van der Waals surface area contributed by atoms with Crippen LogP contribution in [0.5, 0.6) is 0 Å². The Morgan fingerprint density at radius 2 is 1.94 bits per heavy atom. The van der Waals surface area contributed by atoms with Crippen LogP contribution in [-0.4, -0.2) is 42.8 Å². The SMILES string of the molecule is Cc1ccccc1[C@H](CO)N1CCNCC1.Cl. The van der Waals surface area contributed by atoms with Gasteiger partial charge in [-0.25, -0.2) is 0 Å². The van der Waals surface area contributed by atoms with E-state index in [1.165, 1.54) is 11.1 Å². The Morgan fingerprint density at radius 1 is 1.29 bits per heavy atom. The summed E-state index contributed by atoms with van der Waals surface area (Å²) in [4.78, 5) is 2.36. The first-order chi connectivity index (χ1) is 7.83. The molecule has 0 aliphatic carbocycles. The topological polar surface area (TPSA) is 35.5 Å². The maximum atomic E-state index is 9.59. The molecule has 1 aromatic rings. The molecule has 1 fully saturated rings. The van der Waals surface area contributed by atoms with Gasteiger partial charge in [0.25, 0.3) is 0 Å². The number of aliphatic hydroxyl groups is 1. The van der Waals surface area contributed by atoms with Gasteiger partial charge in [0.05, 0.1) is 12.6 Å². The maximum absolute atomic E-state index is 9.59. The Labute approximate surface area is 109 Å². The second-order valence-electron chi connectivity index (χ2n) is 4.34. The molecule has 3 nitrogen and oxygen atoms in total. The van der Waals surface area contributed by atoms with E-state index in [0.29, 0.717) is 0 Å². The van der Waals surface area contributed by atoms with Crippen LogP contribution < -0.4 is 5.32 Å².